The summed E-state index contributed by atoms with van der Waals surface area (Å²) < 4.78 is 8.85. The highest BCUT2D eigenvalue weighted by atomic mass is 32.1. The summed E-state index contributed by atoms with van der Waals surface area (Å²) in [7, 11) is 0. The third-order valence-corrected chi connectivity index (χ3v) is 2.43. The van der Waals surface area contributed by atoms with Gasteiger partial charge in [0.1, 0.15) is 12.2 Å². The summed E-state index contributed by atoms with van der Waals surface area (Å²) in [6, 6.07) is 0. The fraction of sp³-hybridized carbons (Fsp3) is 0.417. The predicted octanol–water partition coefficient (Wildman–Crippen LogP) is 1.88. The number of carbonyl (C=O) groups excluding carboxylic acids is 1. The minimum Gasteiger partial charge on any atom is -0.476 e. The van der Waals surface area contributed by atoms with Crippen LogP contribution in [-0.2, 0) is 14.4 Å². The zero-order chi connectivity index (χ0) is 16.8. The van der Waals surface area contributed by atoms with Crippen LogP contribution in [0.3, 0.4) is 0 Å². The van der Waals surface area contributed by atoms with E-state index in [0.717, 1.165) is 11.5 Å². The molecule has 0 aliphatic rings. The molecule has 22 heavy (non-hydrogen) atoms. The first-order chi connectivity index (χ1) is 10.2. The molecule has 0 aliphatic carbocycles. The highest BCUT2D eigenvalue weighted by molar-refractivity contribution is 7.10. The lowest BCUT2D eigenvalue weighted by Crippen LogP contribution is -2.27. The third-order valence-electron chi connectivity index (χ3n) is 1.80. The number of aromatic nitrogens is 2. The van der Waals surface area contributed by atoms with Gasteiger partial charge in [0.25, 0.3) is 0 Å². The smallest absolute Gasteiger partial charge is 0.414 e. The second-order valence-corrected chi connectivity index (χ2v) is 5.63. The summed E-state index contributed by atoms with van der Waals surface area (Å²) in [4.78, 5) is 31.2. The van der Waals surface area contributed by atoms with Gasteiger partial charge in [-0.25, -0.2) is 9.59 Å². The van der Waals surface area contributed by atoms with Crippen molar-refractivity contribution in [1.29, 1.82) is 0 Å². The summed E-state index contributed by atoms with van der Waals surface area (Å²) in [6.45, 7) is 8.59. The van der Waals surface area contributed by atoms with E-state index in [0.29, 0.717) is 0 Å². The van der Waals surface area contributed by atoms with Crippen molar-refractivity contribution in [1.82, 2.24) is 9.36 Å². The molecule has 0 saturated carbocycles. The van der Waals surface area contributed by atoms with E-state index in [-0.39, 0.29) is 17.6 Å². The second kappa shape index (κ2) is 7.50. The molecule has 0 atom stereocenters. The van der Waals surface area contributed by atoms with E-state index in [1.165, 1.54) is 6.08 Å². The molecular weight excluding hydrogens is 312 g/mol. The molecule has 0 fully saturated rings. The second-order valence-electron chi connectivity index (χ2n) is 4.88. The van der Waals surface area contributed by atoms with Gasteiger partial charge in [0.2, 0.25) is 16.7 Å². The van der Waals surface area contributed by atoms with Crippen LogP contribution >= 0.6 is 11.5 Å². The first-order valence-electron chi connectivity index (χ1n) is 6.11. The molecule has 0 unspecified atom stereocenters. The number of amides is 1. The number of carbonyl (C=O) groups is 2. The van der Waals surface area contributed by atoms with Crippen molar-refractivity contribution in [3.8, 4) is 0 Å². The lowest BCUT2D eigenvalue weighted by atomic mass is 10.2. The highest BCUT2D eigenvalue weighted by Crippen LogP contribution is 2.14. The van der Waals surface area contributed by atoms with Crippen LogP contribution in [0.4, 0.5) is 9.93 Å². The van der Waals surface area contributed by atoms with Gasteiger partial charge in [0, 0.05) is 11.5 Å². The average Bonchev–Trinajstić information content (AvgIpc) is 2.79. The lowest BCUT2D eigenvalue weighted by molar-refractivity contribution is -0.129. The van der Waals surface area contributed by atoms with E-state index >= 15 is 0 Å². The minimum absolute atomic E-state index is 0.0456. The number of carboxylic acids is 1. The monoisotopic (exact) mass is 328 g/mol. The molecule has 0 bridgehead atoms. The van der Waals surface area contributed by atoms with Crippen LogP contribution in [0.1, 0.15) is 26.6 Å². The molecule has 0 saturated heterocycles. The standard InChI is InChI=1S/C12H16N4O5S/c1-5-6-20-15-7(9(17)18)8-13-10(22-16-8)14-11(19)21-12(2,3)4/h5H,1,6H2,2-4H3,(H,17,18)(H,13,14,16,19). The van der Waals surface area contributed by atoms with E-state index in [4.69, 9.17) is 14.7 Å². The van der Waals surface area contributed by atoms with E-state index in [1.807, 2.05) is 0 Å². The summed E-state index contributed by atoms with van der Waals surface area (Å²) in [5.74, 6) is -1.53. The summed E-state index contributed by atoms with van der Waals surface area (Å²) >= 11 is 0.796. The molecule has 1 heterocycles. The zero-order valence-electron chi connectivity index (χ0n) is 12.3. The van der Waals surface area contributed by atoms with Gasteiger partial charge in [-0.1, -0.05) is 17.8 Å². The van der Waals surface area contributed by atoms with Crippen LogP contribution < -0.4 is 5.32 Å². The summed E-state index contributed by atoms with van der Waals surface area (Å²) in [5.41, 5.74) is -1.14. The Morgan fingerprint density at radius 1 is 1.50 bits per heavy atom. The molecule has 0 aromatic carbocycles. The molecule has 0 radical (unpaired) electrons. The SMILES string of the molecule is C=CCON=C(C(=O)O)c1nsc(NC(=O)OC(C)(C)C)n1. The first-order valence-corrected chi connectivity index (χ1v) is 6.88. The number of anilines is 1. The Labute approximate surface area is 130 Å². The van der Waals surface area contributed by atoms with Crippen molar-refractivity contribution in [3.05, 3.63) is 18.5 Å². The largest absolute Gasteiger partial charge is 0.476 e. The Morgan fingerprint density at radius 3 is 2.73 bits per heavy atom. The van der Waals surface area contributed by atoms with Gasteiger partial charge in [-0.15, -0.1) is 0 Å². The molecule has 2 N–H and O–H groups in total. The number of carboxylic acid groups (broad SMARTS) is 1. The Morgan fingerprint density at radius 2 is 2.18 bits per heavy atom. The number of hydrogen-bond acceptors (Lipinski definition) is 8. The number of rotatable bonds is 6. The molecule has 1 rings (SSSR count). The van der Waals surface area contributed by atoms with Crippen LogP contribution in [-0.4, -0.2) is 44.4 Å². The van der Waals surface area contributed by atoms with Gasteiger partial charge in [0.05, 0.1) is 0 Å². The first kappa shape index (κ1) is 17.6. The van der Waals surface area contributed by atoms with Gasteiger partial charge in [-0.05, 0) is 20.8 Å². The van der Waals surface area contributed by atoms with E-state index in [2.05, 4.69) is 26.4 Å². The maximum Gasteiger partial charge on any atom is 0.414 e. The van der Waals surface area contributed by atoms with Crippen LogP contribution in [0.2, 0.25) is 0 Å². The van der Waals surface area contributed by atoms with Crippen molar-refractivity contribution in [2.24, 2.45) is 5.16 Å². The topological polar surface area (TPSA) is 123 Å². The lowest BCUT2D eigenvalue weighted by Gasteiger charge is -2.18. The molecule has 0 aliphatic heterocycles. The zero-order valence-corrected chi connectivity index (χ0v) is 13.1. The van der Waals surface area contributed by atoms with Gasteiger partial charge in [-0.2, -0.15) is 9.36 Å². The summed E-state index contributed by atoms with van der Waals surface area (Å²) in [5, 5.41) is 14.9. The minimum atomic E-state index is -1.36. The molecule has 1 amide bonds. The van der Waals surface area contributed by atoms with Crippen LogP contribution in [0.5, 0.6) is 0 Å². The Bertz CT molecular complexity index is 591. The highest BCUT2D eigenvalue weighted by Gasteiger charge is 2.22. The van der Waals surface area contributed by atoms with Crippen LogP contribution in [0.25, 0.3) is 0 Å². The van der Waals surface area contributed by atoms with Crippen molar-refractivity contribution >= 4 is 34.4 Å². The van der Waals surface area contributed by atoms with Crippen molar-refractivity contribution < 1.29 is 24.3 Å². The van der Waals surface area contributed by atoms with Crippen molar-refractivity contribution in [3.63, 3.8) is 0 Å². The normalized spacial score (nSPS) is 11.7. The maximum absolute atomic E-state index is 11.6. The number of ether oxygens (including phenoxy) is 1. The molecule has 1 aromatic heterocycles. The Kier molecular flexibility index (Phi) is 5.99. The van der Waals surface area contributed by atoms with Crippen LogP contribution in [0, 0.1) is 0 Å². The molecule has 9 nitrogen and oxygen atoms in total. The number of nitrogens with one attached hydrogen (secondary N) is 1. The molecule has 0 spiro atoms. The number of aliphatic carboxylic acids is 1. The number of hydrogen-bond donors (Lipinski definition) is 2. The average molecular weight is 328 g/mol. The van der Waals surface area contributed by atoms with Gasteiger partial charge in [-0.3, -0.25) is 5.32 Å². The van der Waals surface area contributed by atoms with Gasteiger partial charge < -0.3 is 14.7 Å². The van der Waals surface area contributed by atoms with Gasteiger partial charge >= 0.3 is 12.1 Å². The number of nitrogens with zero attached hydrogens (tertiary/aromatic N) is 3. The van der Waals surface area contributed by atoms with Crippen molar-refractivity contribution in [2.75, 3.05) is 11.9 Å². The Balaban J connectivity index is 2.80. The molecule has 120 valence electrons. The van der Waals surface area contributed by atoms with Crippen LogP contribution in [0.15, 0.2) is 17.8 Å². The molecule has 1 aromatic rings. The third kappa shape index (κ3) is 5.87. The fourth-order valence-electron chi connectivity index (χ4n) is 1.09. The predicted molar refractivity (Wildman–Crippen MR) is 80.1 cm³/mol. The van der Waals surface area contributed by atoms with E-state index in [1.54, 1.807) is 20.8 Å². The Hall–Kier alpha value is -2.49. The fourth-order valence-corrected chi connectivity index (χ4v) is 1.65. The number of oxime groups is 1. The van der Waals surface area contributed by atoms with E-state index in [9.17, 15) is 9.59 Å². The molecule has 10 heteroatoms. The molecular formula is C12H16N4O5S. The summed E-state index contributed by atoms with van der Waals surface area (Å²) in [6.07, 6.45) is 0.694. The quantitative estimate of drug-likeness (QED) is 0.353. The van der Waals surface area contributed by atoms with Crippen molar-refractivity contribution in [2.45, 2.75) is 26.4 Å². The van der Waals surface area contributed by atoms with E-state index < -0.39 is 23.4 Å². The maximum atomic E-state index is 11.6. The van der Waals surface area contributed by atoms with Gasteiger partial charge in [0.15, 0.2) is 0 Å².